The van der Waals surface area contributed by atoms with Gasteiger partial charge in [-0.3, -0.25) is 9.80 Å². The third kappa shape index (κ3) is 7.21. The van der Waals surface area contributed by atoms with E-state index in [0.29, 0.717) is 30.8 Å². The van der Waals surface area contributed by atoms with Gasteiger partial charge in [-0.1, -0.05) is 19.9 Å². The maximum absolute atomic E-state index is 13.9. The molecular weight excluding hydrogens is 598 g/mol. The van der Waals surface area contributed by atoms with Crippen LogP contribution in [0.5, 0.6) is 0 Å². The second-order valence-corrected chi connectivity index (χ2v) is 11.3. The minimum Gasteiger partial charge on any atom is -0.439 e. The van der Waals surface area contributed by atoms with Gasteiger partial charge in [0.25, 0.3) is 0 Å². The van der Waals surface area contributed by atoms with Crippen LogP contribution < -0.4 is 0 Å². The van der Waals surface area contributed by atoms with E-state index in [2.05, 4.69) is 0 Å². The van der Waals surface area contributed by atoms with Crippen molar-refractivity contribution >= 4 is 6.09 Å². The second kappa shape index (κ2) is 11.8. The fourth-order valence-corrected chi connectivity index (χ4v) is 5.82. The van der Waals surface area contributed by atoms with E-state index in [-0.39, 0.29) is 30.4 Å². The highest BCUT2D eigenvalue weighted by Crippen LogP contribution is 2.43. The van der Waals surface area contributed by atoms with E-state index in [1.165, 1.54) is 13.0 Å². The van der Waals surface area contributed by atoms with Crippen LogP contribution in [0.2, 0.25) is 0 Å². The summed E-state index contributed by atoms with van der Waals surface area (Å²) in [7, 11) is 0. The molecule has 2 saturated heterocycles. The van der Waals surface area contributed by atoms with E-state index in [1.807, 2.05) is 18.7 Å². The molecular formula is C29H30F10N2O2. The van der Waals surface area contributed by atoms with E-state index < -0.39 is 77.8 Å². The molecule has 4 rings (SSSR count). The Kier molecular flexibility index (Phi) is 9.03. The van der Waals surface area contributed by atoms with Crippen LogP contribution in [-0.2, 0) is 29.8 Å². The lowest BCUT2D eigenvalue weighted by atomic mass is 9.88. The molecule has 3 atom stereocenters. The zero-order chi connectivity index (χ0) is 32.1. The molecule has 238 valence electrons. The summed E-state index contributed by atoms with van der Waals surface area (Å²) < 4.78 is 141. The zero-order valence-corrected chi connectivity index (χ0v) is 23.4. The predicted octanol–water partition coefficient (Wildman–Crippen LogP) is 8.96. The van der Waals surface area contributed by atoms with Crippen LogP contribution in [0.3, 0.4) is 0 Å². The summed E-state index contributed by atoms with van der Waals surface area (Å²) in [5.74, 6) is -0.145. The highest BCUT2D eigenvalue weighted by molar-refractivity contribution is 5.71. The number of benzene rings is 2. The Bertz CT molecular complexity index is 1280. The first-order chi connectivity index (χ1) is 19.8. The summed E-state index contributed by atoms with van der Waals surface area (Å²) in [5, 5.41) is 0. The molecule has 2 aromatic carbocycles. The lowest BCUT2D eigenvalue weighted by Crippen LogP contribution is -2.40. The van der Waals surface area contributed by atoms with Gasteiger partial charge in [-0.2, -0.15) is 39.5 Å². The van der Waals surface area contributed by atoms with E-state index in [0.717, 1.165) is 17.0 Å². The van der Waals surface area contributed by atoms with Gasteiger partial charge in [0, 0.05) is 25.7 Å². The Morgan fingerprint density at radius 2 is 1.37 bits per heavy atom. The number of likely N-dealkylation sites (tertiary alicyclic amines) is 1. The fourth-order valence-electron chi connectivity index (χ4n) is 5.82. The molecule has 2 aliphatic rings. The Morgan fingerprint density at radius 3 is 1.86 bits per heavy atom. The van der Waals surface area contributed by atoms with Crippen LogP contribution in [0.25, 0.3) is 0 Å². The number of nitrogens with zero attached hydrogens (tertiary/aromatic N) is 2. The SMILES string of the molecule is CC(C)[C@@H](c1ccc(C(F)(F)F)cc1CN1C(=O)O[C@H](c2cc(C(F)(F)F)cc(C(F)(F)F)c2)[C@@H]1C)N1CCC(F)CC1. The maximum Gasteiger partial charge on any atom is 0.416 e. The number of hydrogen-bond acceptors (Lipinski definition) is 3. The van der Waals surface area contributed by atoms with Crippen LogP contribution in [0.1, 0.15) is 79.1 Å². The van der Waals surface area contributed by atoms with Gasteiger partial charge in [-0.05, 0) is 72.7 Å². The van der Waals surface area contributed by atoms with Crippen molar-refractivity contribution in [3.05, 3.63) is 69.8 Å². The summed E-state index contributed by atoms with van der Waals surface area (Å²) in [6.07, 6.45) is -18.2. The quantitative estimate of drug-likeness (QED) is 0.300. The van der Waals surface area contributed by atoms with Gasteiger partial charge in [0.15, 0.2) is 0 Å². The standard InChI is InChI=1S/C29H30F10N2O2/c1-15(2)24(40-8-6-22(30)7-9-40)23-5-4-19(27(31,32)33)12-18(23)14-41-16(3)25(43-26(41)42)17-10-20(28(34,35)36)13-21(11-17)29(37,38)39/h4-5,10-13,15-16,22,24-25H,6-9,14H2,1-3H3/t16-,24-,25-/m0/s1. The van der Waals surface area contributed by atoms with Gasteiger partial charge in [0.2, 0.25) is 0 Å². The number of rotatable bonds is 6. The average molecular weight is 629 g/mol. The topological polar surface area (TPSA) is 32.8 Å². The van der Waals surface area contributed by atoms with Crippen molar-refractivity contribution in [2.45, 2.75) is 83.0 Å². The van der Waals surface area contributed by atoms with Crippen molar-refractivity contribution in [1.82, 2.24) is 9.80 Å². The maximum atomic E-state index is 13.9. The zero-order valence-electron chi connectivity index (χ0n) is 23.4. The minimum absolute atomic E-state index is 0.0462. The van der Waals surface area contributed by atoms with Gasteiger partial charge in [-0.25, -0.2) is 9.18 Å². The van der Waals surface area contributed by atoms with Crippen molar-refractivity contribution in [2.75, 3.05) is 13.1 Å². The molecule has 4 nitrogen and oxygen atoms in total. The van der Waals surface area contributed by atoms with Gasteiger partial charge in [0.1, 0.15) is 12.3 Å². The number of halogens is 10. The van der Waals surface area contributed by atoms with E-state index in [9.17, 15) is 48.7 Å². The molecule has 2 aliphatic heterocycles. The smallest absolute Gasteiger partial charge is 0.416 e. The van der Waals surface area contributed by atoms with Crippen LogP contribution in [0, 0.1) is 5.92 Å². The number of alkyl halides is 10. The Labute approximate surface area is 241 Å². The highest BCUT2D eigenvalue weighted by atomic mass is 19.4. The lowest BCUT2D eigenvalue weighted by molar-refractivity contribution is -0.143. The van der Waals surface area contributed by atoms with Crippen molar-refractivity contribution < 1.29 is 53.4 Å². The fraction of sp³-hybridized carbons (Fsp3) is 0.552. The second-order valence-electron chi connectivity index (χ2n) is 11.3. The summed E-state index contributed by atoms with van der Waals surface area (Å²) in [4.78, 5) is 15.9. The normalized spacial score (nSPS) is 21.9. The molecule has 0 radical (unpaired) electrons. The first kappa shape index (κ1) is 32.9. The third-order valence-electron chi connectivity index (χ3n) is 7.94. The first-order valence-corrected chi connectivity index (χ1v) is 13.6. The largest absolute Gasteiger partial charge is 0.439 e. The van der Waals surface area contributed by atoms with Gasteiger partial charge in [-0.15, -0.1) is 0 Å². The minimum atomic E-state index is -5.13. The molecule has 0 N–H and O–H groups in total. The number of piperidine rings is 1. The third-order valence-corrected chi connectivity index (χ3v) is 7.94. The number of carbonyl (C=O) groups is 1. The first-order valence-electron chi connectivity index (χ1n) is 13.6. The molecule has 0 aromatic heterocycles. The van der Waals surface area contributed by atoms with Crippen molar-refractivity contribution in [2.24, 2.45) is 5.92 Å². The van der Waals surface area contributed by atoms with Crippen LogP contribution in [-0.4, -0.2) is 41.2 Å². The molecule has 0 saturated carbocycles. The molecule has 2 aromatic rings. The van der Waals surface area contributed by atoms with Crippen molar-refractivity contribution in [1.29, 1.82) is 0 Å². The van der Waals surface area contributed by atoms with E-state index in [4.69, 9.17) is 4.74 Å². The molecule has 2 heterocycles. The number of cyclic esters (lactones) is 1. The monoisotopic (exact) mass is 628 g/mol. The number of ether oxygens (including phenoxy) is 1. The average Bonchev–Trinajstić information content (AvgIpc) is 3.17. The van der Waals surface area contributed by atoms with Gasteiger partial charge in [0.05, 0.1) is 22.7 Å². The Morgan fingerprint density at radius 1 is 0.837 bits per heavy atom. The summed E-state index contributed by atoms with van der Waals surface area (Å²) in [6, 6.07) is 2.38. The molecule has 1 amide bonds. The molecule has 0 bridgehead atoms. The van der Waals surface area contributed by atoms with E-state index >= 15 is 0 Å². The van der Waals surface area contributed by atoms with Gasteiger partial charge < -0.3 is 4.74 Å². The van der Waals surface area contributed by atoms with Crippen molar-refractivity contribution in [3.8, 4) is 0 Å². The number of hydrogen-bond donors (Lipinski definition) is 0. The van der Waals surface area contributed by atoms with Crippen LogP contribution >= 0.6 is 0 Å². The van der Waals surface area contributed by atoms with Gasteiger partial charge >= 0.3 is 24.6 Å². The lowest BCUT2D eigenvalue weighted by Gasteiger charge is -2.39. The predicted molar refractivity (Wildman–Crippen MR) is 135 cm³/mol. The Hall–Kier alpha value is -3.03. The van der Waals surface area contributed by atoms with Crippen LogP contribution in [0.15, 0.2) is 36.4 Å². The molecule has 0 spiro atoms. The molecule has 43 heavy (non-hydrogen) atoms. The summed E-state index contributed by atoms with van der Waals surface area (Å²) in [6.45, 7) is 5.29. The number of carbonyl (C=O) groups excluding carboxylic acids is 1. The Balaban J connectivity index is 1.73. The molecule has 0 unspecified atom stereocenters. The highest BCUT2D eigenvalue weighted by Gasteiger charge is 2.44. The molecule has 2 fully saturated rings. The summed E-state index contributed by atoms with van der Waals surface area (Å²) in [5.41, 5.74) is -4.20. The summed E-state index contributed by atoms with van der Waals surface area (Å²) >= 11 is 0. The van der Waals surface area contributed by atoms with Crippen LogP contribution in [0.4, 0.5) is 48.7 Å². The molecule has 14 heteroatoms. The van der Waals surface area contributed by atoms with Crippen molar-refractivity contribution in [3.63, 3.8) is 0 Å². The van der Waals surface area contributed by atoms with E-state index in [1.54, 1.807) is 0 Å². The molecule has 0 aliphatic carbocycles. The number of amides is 1.